The molecule has 0 bridgehead atoms. The molecule has 2 aromatic carbocycles. The first-order chi connectivity index (χ1) is 15.3. The Morgan fingerprint density at radius 1 is 1.06 bits per heavy atom. The molecular formula is C24H31FN4O2S. The van der Waals surface area contributed by atoms with E-state index in [9.17, 15) is 14.0 Å². The first-order valence-electron chi connectivity index (χ1n) is 10.8. The van der Waals surface area contributed by atoms with Crippen molar-refractivity contribution in [3.8, 4) is 0 Å². The van der Waals surface area contributed by atoms with Gasteiger partial charge in [-0.15, -0.1) is 11.8 Å². The predicted molar refractivity (Wildman–Crippen MR) is 130 cm³/mol. The lowest BCUT2D eigenvalue weighted by Gasteiger charge is -2.36. The fraction of sp³-hybridized carbons (Fsp3) is 0.417. The fourth-order valence-corrected chi connectivity index (χ4v) is 4.35. The van der Waals surface area contributed by atoms with Gasteiger partial charge < -0.3 is 20.4 Å². The maximum Gasteiger partial charge on any atom is 0.234 e. The molecule has 2 aromatic rings. The summed E-state index contributed by atoms with van der Waals surface area (Å²) in [7, 11) is 2.09. The summed E-state index contributed by atoms with van der Waals surface area (Å²) in [5, 5.41) is 5.78. The van der Waals surface area contributed by atoms with Crippen molar-refractivity contribution in [2.45, 2.75) is 19.9 Å². The molecule has 1 unspecified atom stereocenters. The average molecular weight is 459 g/mol. The molecule has 1 aliphatic heterocycles. The van der Waals surface area contributed by atoms with E-state index in [0.29, 0.717) is 0 Å². The first kappa shape index (κ1) is 24.1. The molecule has 1 fully saturated rings. The van der Waals surface area contributed by atoms with Crippen molar-refractivity contribution in [1.82, 2.24) is 10.2 Å². The molecule has 32 heavy (non-hydrogen) atoms. The molecule has 0 saturated carbocycles. The molecule has 0 radical (unpaired) electrons. The molecule has 1 aliphatic rings. The Balaban J connectivity index is 1.51. The van der Waals surface area contributed by atoms with Crippen LogP contribution in [0.1, 0.15) is 24.1 Å². The second-order valence-corrected chi connectivity index (χ2v) is 9.18. The standard InChI is InChI=1S/C24H31FN4O2S/c1-17-5-4-6-20(13-17)27-24(31)16-32-15-23(30)26-18(2)21-14-19(25)7-8-22(21)29-11-9-28(3)10-12-29/h4-8,13-14,18H,9-12,15-16H2,1-3H3,(H,26,30)(H,27,31). The topological polar surface area (TPSA) is 64.7 Å². The van der Waals surface area contributed by atoms with E-state index < -0.39 is 0 Å². The third kappa shape index (κ3) is 6.97. The largest absolute Gasteiger partial charge is 0.369 e. The number of thioether (sulfide) groups is 1. The van der Waals surface area contributed by atoms with Gasteiger partial charge in [0.1, 0.15) is 5.82 Å². The lowest BCUT2D eigenvalue weighted by molar-refractivity contribution is -0.119. The Labute approximate surface area is 193 Å². The highest BCUT2D eigenvalue weighted by atomic mass is 32.2. The number of benzene rings is 2. The van der Waals surface area contributed by atoms with Crippen LogP contribution in [0.15, 0.2) is 42.5 Å². The van der Waals surface area contributed by atoms with Crippen molar-refractivity contribution < 1.29 is 14.0 Å². The summed E-state index contributed by atoms with van der Waals surface area (Å²) in [6.45, 7) is 7.44. The number of aryl methyl sites for hydroxylation is 1. The summed E-state index contributed by atoms with van der Waals surface area (Å²) < 4.78 is 14.0. The van der Waals surface area contributed by atoms with Crippen molar-refractivity contribution in [3.63, 3.8) is 0 Å². The third-order valence-electron chi connectivity index (χ3n) is 5.45. The van der Waals surface area contributed by atoms with E-state index in [4.69, 9.17) is 0 Å². The minimum absolute atomic E-state index is 0.149. The molecular weight excluding hydrogens is 427 g/mol. The van der Waals surface area contributed by atoms with Crippen molar-refractivity contribution >= 4 is 35.0 Å². The summed E-state index contributed by atoms with van der Waals surface area (Å²) in [6, 6.07) is 12.0. The maximum absolute atomic E-state index is 14.0. The molecule has 2 amide bonds. The van der Waals surface area contributed by atoms with Crippen molar-refractivity contribution in [2.24, 2.45) is 0 Å². The minimum atomic E-state index is -0.338. The van der Waals surface area contributed by atoms with Gasteiger partial charge in [0.2, 0.25) is 11.8 Å². The molecule has 6 nitrogen and oxygen atoms in total. The number of carbonyl (C=O) groups excluding carboxylic acids is 2. The van der Waals surface area contributed by atoms with Gasteiger partial charge in [0.25, 0.3) is 0 Å². The summed E-state index contributed by atoms with van der Waals surface area (Å²) in [4.78, 5) is 29.1. The number of hydrogen-bond acceptors (Lipinski definition) is 5. The van der Waals surface area contributed by atoms with Crippen molar-refractivity contribution in [3.05, 3.63) is 59.4 Å². The van der Waals surface area contributed by atoms with Crippen LogP contribution < -0.4 is 15.5 Å². The molecule has 0 aliphatic carbocycles. The summed E-state index contributed by atoms with van der Waals surface area (Å²) in [5.74, 6) is -0.308. The summed E-state index contributed by atoms with van der Waals surface area (Å²) in [6.07, 6.45) is 0. The van der Waals surface area contributed by atoms with Gasteiger partial charge >= 0.3 is 0 Å². The van der Waals surface area contributed by atoms with Crippen LogP contribution in [0.25, 0.3) is 0 Å². The maximum atomic E-state index is 14.0. The van der Waals surface area contributed by atoms with E-state index in [1.54, 1.807) is 6.07 Å². The second kappa shape index (κ2) is 11.3. The summed E-state index contributed by atoms with van der Waals surface area (Å²) in [5.41, 5.74) is 3.54. The third-order valence-corrected chi connectivity index (χ3v) is 6.38. The van der Waals surface area contributed by atoms with E-state index in [-0.39, 0.29) is 35.2 Å². The van der Waals surface area contributed by atoms with Crippen LogP contribution in [-0.4, -0.2) is 61.4 Å². The number of hydrogen-bond donors (Lipinski definition) is 2. The number of nitrogens with zero attached hydrogens (tertiary/aromatic N) is 2. The molecule has 172 valence electrons. The number of halogens is 1. The molecule has 3 rings (SSSR count). The highest BCUT2D eigenvalue weighted by Gasteiger charge is 2.21. The van der Waals surface area contributed by atoms with Crippen LogP contribution >= 0.6 is 11.8 Å². The molecule has 2 N–H and O–H groups in total. The second-order valence-electron chi connectivity index (χ2n) is 8.19. The molecule has 1 saturated heterocycles. The molecule has 1 atom stereocenters. The van der Waals surface area contributed by atoms with Gasteiger partial charge in [-0.25, -0.2) is 4.39 Å². The zero-order valence-corrected chi connectivity index (χ0v) is 19.7. The molecule has 8 heteroatoms. The van der Waals surface area contributed by atoms with Crippen LogP contribution in [0.5, 0.6) is 0 Å². The Bertz CT molecular complexity index is 947. The van der Waals surface area contributed by atoms with Crippen LogP contribution in [0.3, 0.4) is 0 Å². The lowest BCUT2D eigenvalue weighted by atomic mass is 10.0. The van der Waals surface area contributed by atoms with Gasteiger partial charge in [0, 0.05) is 43.1 Å². The van der Waals surface area contributed by atoms with E-state index in [0.717, 1.165) is 48.7 Å². The Kier molecular flexibility index (Phi) is 8.53. The van der Waals surface area contributed by atoms with E-state index in [1.807, 2.05) is 38.1 Å². The zero-order valence-electron chi connectivity index (χ0n) is 18.9. The quantitative estimate of drug-likeness (QED) is 0.635. The minimum Gasteiger partial charge on any atom is -0.369 e. The predicted octanol–water partition coefficient (Wildman–Crippen LogP) is 3.44. The highest BCUT2D eigenvalue weighted by Crippen LogP contribution is 2.28. The number of carbonyl (C=O) groups is 2. The Morgan fingerprint density at radius 2 is 1.78 bits per heavy atom. The summed E-state index contributed by atoms with van der Waals surface area (Å²) >= 11 is 1.25. The zero-order chi connectivity index (χ0) is 23.1. The van der Waals surface area contributed by atoms with Crippen LogP contribution in [0.2, 0.25) is 0 Å². The van der Waals surface area contributed by atoms with Gasteiger partial charge in [0.05, 0.1) is 17.5 Å². The number of piperazine rings is 1. The molecule has 0 aromatic heterocycles. The Morgan fingerprint density at radius 3 is 2.50 bits per heavy atom. The highest BCUT2D eigenvalue weighted by molar-refractivity contribution is 8.00. The number of nitrogens with one attached hydrogen (secondary N) is 2. The first-order valence-corrected chi connectivity index (χ1v) is 11.9. The van der Waals surface area contributed by atoms with Crippen LogP contribution in [0.4, 0.5) is 15.8 Å². The van der Waals surface area contributed by atoms with E-state index in [2.05, 4.69) is 27.5 Å². The molecule has 1 heterocycles. The van der Waals surface area contributed by atoms with E-state index in [1.165, 1.54) is 23.9 Å². The number of anilines is 2. The van der Waals surface area contributed by atoms with Gasteiger partial charge in [0.15, 0.2) is 0 Å². The monoisotopic (exact) mass is 458 g/mol. The van der Waals surface area contributed by atoms with E-state index >= 15 is 0 Å². The smallest absolute Gasteiger partial charge is 0.234 e. The normalized spacial score (nSPS) is 15.3. The lowest BCUT2D eigenvalue weighted by Crippen LogP contribution is -2.45. The van der Waals surface area contributed by atoms with Crippen molar-refractivity contribution in [1.29, 1.82) is 0 Å². The Hall–Kier alpha value is -2.58. The fourth-order valence-electron chi connectivity index (χ4n) is 3.72. The van der Waals surface area contributed by atoms with Gasteiger partial charge in [-0.3, -0.25) is 9.59 Å². The number of likely N-dealkylation sites (N-methyl/N-ethyl adjacent to an activating group) is 1. The van der Waals surface area contributed by atoms with Gasteiger partial charge in [-0.1, -0.05) is 12.1 Å². The van der Waals surface area contributed by atoms with Crippen LogP contribution in [0, 0.1) is 12.7 Å². The average Bonchev–Trinajstić information content (AvgIpc) is 2.74. The van der Waals surface area contributed by atoms with Gasteiger partial charge in [-0.2, -0.15) is 0 Å². The number of rotatable bonds is 8. The van der Waals surface area contributed by atoms with Gasteiger partial charge in [-0.05, 0) is 56.8 Å². The van der Waals surface area contributed by atoms with Crippen LogP contribution in [-0.2, 0) is 9.59 Å². The number of amides is 2. The van der Waals surface area contributed by atoms with Crippen molar-refractivity contribution in [2.75, 3.05) is 54.9 Å². The SMILES string of the molecule is Cc1cccc(NC(=O)CSCC(=O)NC(C)c2cc(F)ccc2N2CCN(C)CC2)c1. The molecule has 0 spiro atoms.